The SMILES string of the molecule is CCNC(=NCc1ccc(C)cc1OCCOCC)NCc1ncccc1C.I. The van der Waals surface area contributed by atoms with Gasteiger partial charge in [-0.05, 0) is 51.0 Å². The molecule has 0 aliphatic carbocycles. The summed E-state index contributed by atoms with van der Waals surface area (Å²) in [6, 6.07) is 10.2. The average Bonchev–Trinajstić information content (AvgIpc) is 2.69. The molecule has 0 amide bonds. The quantitative estimate of drug-likeness (QED) is 0.218. The zero-order valence-corrected chi connectivity index (χ0v) is 20.2. The number of aryl methyl sites for hydroxylation is 2. The fourth-order valence-corrected chi connectivity index (χ4v) is 2.66. The van der Waals surface area contributed by atoms with Crippen LogP contribution in [0.5, 0.6) is 5.75 Å². The van der Waals surface area contributed by atoms with E-state index in [1.54, 1.807) is 0 Å². The number of aliphatic imine (C=N–C) groups is 1. The van der Waals surface area contributed by atoms with E-state index in [0.29, 0.717) is 32.9 Å². The molecule has 7 heteroatoms. The Kier molecular flexibility index (Phi) is 12.3. The Hall–Kier alpha value is -1.87. The number of halogens is 1. The Morgan fingerprint density at radius 1 is 1.10 bits per heavy atom. The fraction of sp³-hybridized carbons (Fsp3) is 0.455. The monoisotopic (exact) mass is 512 g/mol. The normalized spacial score (nSPS) is 11.0. The number of hydrogen-bond acceptors (Lipinski definition) is 4. The van der Waals surface area contributed by atoms with Crippen LogP contribution in [0.15, 0.2) is 41.5 Å². The van der Waals surface area contributed by atoms with Gasteiger partial charge in [-0.15, -0.1) is 24.0 Å². The number of hydrogen-bond donors (Lipinski definition) is 2. The third-order valence-electron chi connectivity index (χ3n) is 4.20. The number of pyridine rings is 1. The maximum Gasteiger partial charge on any atom is 0.191 e. The van der Waals surface area contributed by atoms with E-state index in [2.05, 4.69) is 54.6 Å². The zero-order valence-electron chi connectivity index (χ0n) is 17.8. The van der Waals surface area contributed by atoms with Crippen LogP contribution in [0, 0.1) is 13.8 Å². The molecule has 0 fully saturated rings. The third-order valence-corrected chi connectivity index (χ3v) is 4.20. The first-order valence-electron chi connectivity index (χ1n) is 9.86. The molecule has 160 valence electrons. The zero-order chi connectivity index (χ0) is 20.2. The highest BCUT2D eigenvalue weighted by Gasteiger charge is 2.06. The number of aromatic nitrogens is 1. The summed E-state index contributed by atoms with van der Waals surface area (Å²) in [5.74, 6) is 1.62. The summed E-state index contributed by atoms with van der Waals surface area (Å²) in [5, 5.41) is 6.64. The summed E-state index contributed by atoms with van der Waals surface area (Å²) in [4.78, 5) is 9.14. The maximum atomic E-state index is 5.91. The van der Waals surface area contributed by atoms with Gasteiger partial charge in [0.1, 0.15) is 12.4 Å². The first-order chi connectivity index (χ1) is 13.6. The molecule has 2 rings (SSSR count). The standard InChI is InChI=1S/C22H32N4O2.HI/c1-5-23-22(26-16-20-18(4)8-7-11-24-20)25-15-19-10-9-17(3)14-21(19)28-13-12-27-6-2;/h7-11,14H,5-6,12-13,15-16H2,1-4H3,(H2,23,25,26);1H. The predicted molar refractivity (Wildman–Crippen MR) is 129 cm³/mol. The first-order valence-corrected chi connectivity index (χ1v) is 9.86. The Morgan fingerprint density at radius 3 is 2.66 bits per heavy atom. The molecule has 0 atom stereocenters. The highest BCUT2D eigenvalue weighted by molar-refractivity contribution is 14.0. The minimum absolute atomic E-state index is 0. The molecule has 0 bridgehead atoms. The van der Waals surface area contributed by atoms with E-state index in [1.165, 1.54) is 0 Å². The van der Waals surface area contributed by atoms with Gasteiger partial charge in [-0.25, -0.2) is 4.99 Å². The minimum Gasteiger partial charge on any atom is -0.491 e. The fourth-order valence-electron chi connectivity index (χ4n) is 2.66. The molecule has 0 aliphatic rings. The highest BCUT2D eigenvalue weighted by atomic mass is 127. The Morgan fingerprint density at radius 2 is 1.93 bits per heavy atom. The van der Waals surface area contributed by atoms with Crippen LogP contribution in [-0.2, 0) is 17.8 Å². The lowest BCUT2D eigenvalue weighted by Crippen LogP contribution is -2.37. The first kappa shape index (κ1) is 25.2. The topological polar surface area (TPSA) is 67.8 Å². The second kappa shape index (κ2) is 14.2. The van der Waals surface area contributed by atoms with E-state index in [1.807, 2.05) is 25.3 Å². The molecular weight excluding hydrogens is 479 g/mol. The summed E-state index contributed by atoms with van der Waals surface area (Å²) in [6.07, 6.45) is 1.81. The summed E-state index contributed by atoms with van der Waals surface area (Å²) in [7, 11) is 0. The number of benzene rings is 1. The van der Waals surface area contributed by atoms with Crippen LogP contribution in [0.1, 0.15) is 36.2 Å². The second-order valence-corrected chi connectivity index (χ2v) is 6.47. The van der Waals surface area contributed by atoms with Gasteiger partial charge in [0.2, 0.25) is 0 Å². The van der Waals surface area contributed by atoms with Gasteiger partial charge in [-0.2, -0.15) is 0 Å². The van der Waals surface area contributed by atoms with Crippen molar-refractivity contribution in [3.05, 3.63) is 58.9 Å². The summed E-state index contributed by atoms with van der Waals surface area (Å²) >= 11 is 0. The van der Waals surface area contributed by atoms with Crippen LogP contribution in [0.25, 0.3) is 0 Å². The molecule has 0 radical (unpaired) electrons. The molecular formula is C22H33IN4O2. The molecule has 0 saturated heterocycles. The molecule has 6 nitrogen and oxygen atoms in total. The minimum atomic E-state index is 0. The molecule has 1 aromatic carbocycles. The van der Waals surface area contributed by atoms with E-state index in [9.17, 15) is 0 Å². The lowest BCUT2D eigenvalue weighted by molar-refractivity contribution is 0.110. The molecule has 2 aromatic rings. The van der Waals surface area contributed by atoms with Gasteiger partial charge in [-0.3, -0.25) is 4.98 Å². The van der Waals surface area contributed by atoms with E-state index in [4.69, 9.17) is 14.5 Å². The van der Waals surface area contributed by atoms with Gasteiger partial charge >= 0.3 is 0 Å². The molecule has 0 unspecified atom stereocenters. The molecule has 0 aliphatic heterocycles. The summed E-state index contributed by atoms with van der Waals surface area (Å²) < 4.78 is 11.3. The summed E-state index contributed by atoms with van der Waals surface area (Å²) in [5.41, 5.74) is 4.39. The third kappa shape index (κ3) is 8.99. The van der Waals surface area contributed by atoms with Crippen molar-refractivity contribution >= 4 is 29.9 Å². The van der Waals surface area contributed by atoms with Crippen LogP contribution < -0.4 is 15.4 Å². The summed E-state index contributed by atoms with van der Waals surface area (Å²) in [6.45, 7) is 11.9. The molecule has 0 spiro atoms. The van der Waals surface area contributed by atoms with Gasteiger partial charge < -0.3 is 20.1 Å². The van der Waals surface area contributed by atoms with E-state index >= 15 is 0 Å². The molecule has 2 N–H and O–H groups in total. The van der Waals surface area contributed by atoms with Crippen LogP contribution in [0.4, 0.5) is 0 Å². The van der Waals surface area contributed by atoms with Gasteiger partial charge in [-0.1, -0.05) is 18.2 Å². The Balaban J connectivity index is 0.00000420. The second-order valence-electron chi connectivity index (χ2n) is 6.47. The lowest BCUT2D eigenvalue weighted by atomic mass is 10.1. The smallest absolute Gasteiger partial charge is 0.191 e. The Bertz CT molecular complexity index is 768. The van der Waals surface area contributed by atoms with Gasteiger partial charge in [0.15, 0.2) is 5.96 Å². The average molecular weight is 512 g/mol. The number of ether oxygens (including phenoxy) is 2. The van der Waals surface area contributed by atoms with Crippen molar-refractivity contribution in [2.45, 2.75) is 40.8 Å². The molecule has 29 heavy (non-hydrogen) atoms. The van der Waals surface area contributed by atoms with Crippen LogP contribution >= 0.6 is 24.0 Å². The van der Waals surface area contributed by atoms with Crippen molar-refractivity contribution in [2.75, 3.05) is 26.4 Å². The van der Waals surface area contributed by atoms with Crippen molar-refractivity contribution in [3.8, 4) is 5.75 Å². The Labute approximate surface area is 191 Å². The van der Waals surface area contributed by atoms with Crippen molar-refractivity contribution in [1.82, 2.24) is 15.6 Å². The highest BCUT2D eigenvalue weighted by Crippen LogP contribution is 2.21. The van der Waals surface area contributed by atoms with E-state index in [-0.39, 0.29) is 24.0 Å². The predicted octanol–water partition coefficient (Wildman–Crippen LogP) is 3.99. The number of rotatable bonds is 10. The lowest BCUT2D eigenvalue weighted by Gasteiger charge is -2.14. The van der Waals surface area contributed by atoms with Crippen molar-refractivity contribution in [1.29, 1.82) is 0 Å². The van der Waals surface area contributed by atoms with Crippen LogP contribution in [0.2, 0.25) is 0 Å². The van der Waals surface area contributed by atoms with Gasteiger partial charge in [0.05, 0.1) is 25.4 Å². The number of guanidine groups is 1. The van der Waals surface area contributed by atoms with Crippen molar-refractivity contribution in [3.63, 3.8) is 0 Å². The molecule has 1 heterocycles. The van der Waals surface area contributed by atoms with Crippen LogP contribution in [0.3, 0.4) is 0 Å². The maximum absolute atomic E-state index is 5.91. The van der Waals surface area contributed by atoms with E-state index in [0.717, 1.165) is 40.6 Å². The molecule has 1 aromatic heterocycles. The number of nitrogens with one attached hydrogen (secondary N) is 2. The largest absolute Gasteiger partial charge is 0.491 e. The van der Waals surface area contributed by atoms with Crippen molar-refractivity contribution in [2.24, 2.45) is 4.99 Å². The molecule has 0 saturated carbocycles. The van der Waals surface area contributed by atoms with E-state index < -0.39 is 0 Å². The number of nitrogens with zero attached hydrogens (tertiary/aromatic N) is 2. The van der Waals surface area contributed by atoms with Crippen molar-refractivity contribution < 1.29 is 9.47 Å². The van der Waals surface area contributed by atoms with Gasteiger partial charge in [0, 0.05) is 24.9 Å². The van der Waals surface area contributed by atoms with Crippen LogP contribution in [-0.4, -0.2) is 37.3 Å². The van der Waals surface area contributed by atoms with Gasteiger partial charge in [0.25, 0.3) is 0 Å².